The van der Waals surface area contributed by atoms with Crippen LogP contribution in [0.3, 0.4) is 0 Å². The third-order valence-electron chi connectivity index (χ3n) is 4.04. The second kappa shape index (κ2) is 9.27. The van der Waals surface area contributed by atoms with Crippen molar-refractivity contribution >= 4 is 5.91 Å². The Kier molecular flexibility index (Phi) is 6.54. The van der Waals surface area contributed by atoms with Gasteiger partial charge in [-0.1, -0.05) is 0 Å². The third-order valence-corrected chi connectivity index (χ3v) is 4.04. The van der Waals surface area contributed by atoms with E-state index in [2.05, 4.69) is 10.3 Å². The van der Waals surface area contributed by atoms with Gasteiger partial charge in [-0.3, -0.25) is 4.79 Å². The Labute approximate surface area is 165 Å². The summed E-state index contributed by atoms with van der Waals surface area (Å²) >= 11 is 0. The summed E-state index contributed by atoms with van der Waals surface area (Å²) in [6.07, 6.45) is 1.94. The molecule has 0 radical (unpaired) electrons. The predicted molar refractivity (Wildman–Crippen MR) is 99.7 cm³/mol. The molecule has 3 rings (SSSR count). The van der Waals surface area contributed by atoms with Crippen LogP contribution >= 0.6 is 0 Å². The molecule has 1 unspecified atom stereocenters. The highest BCUT2D eigenvalue weighted by Gasteiger charge is 2.13. The monoisotopic (exact) mass is 404 g/mol. The lowest BCUT2D eigenvalue weighted by molar-refractivity contribution is -0.121. The molecule has 1 heterocycles. The smallest absolute Gasteiger partial charge is 0.220 e. The van der Waals surface area contributed by atoms with Crippen molar-refractivity contribution in [2.24, 2.45) is 0 Å². The van der Waals surface area contributed by atoms with Crippen molar-refractivity contribution in [1.82, 2.24) is 10.3 Å². The second-order valence-electron chi connectivity index (χ2n) is 6.48. The minimum Gasteiger partial charge on any atom is -0.488 e. The Morgan fingerprint density at radius 1 is 1.14 bits per heavy atom. The molecule has 1 N–H and O–H groups in total. The largest absolute Gasteiger partial charge is 0.488 e. The average molecular weight is 404 g/mol. The number of aryl methyl sites for hydroxylation is 1. The van der Waals surface area contributed by atoms with Gasteiger partial charge < -0.3 is 14.5 Å². The summed E-state index contributed by atoms with van der Waals surface area (Å²) in [5.41, 5.74) is 0.688. The fourth-order valence-electron chi connectivity index (χ4n) is 2.59. The zero-order valence-corrected chi connectivity index (χ0v) is 15.6. The molecule has 1 atom stereocenters. The van der Waals surface area contributed by atoms with Crippen LogP contribution in [-0.2, 0) is 11.2 Å². The van der Waals surface area contributed by atoms with E-state index in [4.69, 9.17) is 9.15 Å². The number of carbonyl (C=O) groups is 1. The van der Waals surface area contributed by atoms with Crippen molar-refractivity contribution in [2.45, 2.75) is 25.8 Å². The number of aromatic nitrogens is 1. The Bertz CT molecular complexity index is 974. The number of hydrogen-bond donors (Lipinski definition) is 1. The molecule has 1 amide bonds. The van der Waals surface area contributed by atoms with Gasteiger partial charge in [-0.05, 0) is 43.3 Å². The Hall–Kier alpha value is -3.29. The molecule has 0 saturated carbocycles. The van der Waals surface area contributed by atoms with Crippen molar-refractivity contribution in [1.29, 1.82) is 0 Å². The number of ether oxygens (including phenoxy) is 1. The van der Waals surface area contributed by atoms with Crippen molar-refractivity contribution in [2.75, 3.05) is 6.61 Å². The molecular formula is C21H19F3N2O3. The summed E-state index contributed by atoms with van der Waals surface area (Å²) < 4.78 is 50.2. The van der Waals surface area contributed by atoms with Crippen LogP contribution in [0, 0.1) is 17.5 Å². The fraction of sp³-hybridized carbons (Fsp3) is 0.238. The molecule has 0 aliphatic heterocycles. The number of nitrogens with one attached hydrogen (secondary N) is 1. The van der Waals surface area contributed by atoms with Crippen LogP contribution in [0.5, 0.6) is 5.75 Å². The molecule has 8 heteroatoms. The summed E-state index contributed by atoms with van der Waals surface area (Å²) in [5.74, 6) is -1.29. The number of rotatable bonds is 8. The molecule has 0 fully saturated rings. The molecule has 0 saturated heterocycles. The number of nitrogens with zero attached hydrogens (tertiary/aromatic N) is 1. The molecular weight excluding hydrogens is 385 g/mol. The van der Waals surface area contributed by atoms with E-state index in [0.29, 0.717) is 17.2 Å². The van der Waals surface area contributed by atoms with Crippen LogP contribution < -0.4 is 10.1 Å². The SMILES string of the molecule is CC(COc1ccc(F)cc1F)NC(=O)CCc1ncc(-c2ccc(F)cc2)o1. The van der Waals surface area contributed by atoms with E-state index >= 15 is 0 Å². The van der Waals surface area contributed by atoms with E-state index in [9.17, 15) is 18.0 Å². The molecule has 3 aromatic rings. The number of amides is 1. The first-order chi connectivity index (χ1) is 13.9. The zero-order valence-electron chi connectivity index (χ0n) is 15.6. The first-order valence-corrected chi connectivity index (χ1v) is 8.98. The van der Waals surface area contributed by atoms with Crippen molar-refractivity contribution < 1.29 is 27.1 Å². The number of hydrogen-bond acceptors (Lipinski definition) is 4. The maximum Gasteiger partial charge on any atom is 0.220 e. The number of benzene rings is 2. The molecule has 2 aromatic carbocycles. The van der Waals surface area contributed by atoms with Crippen molar-refractivity contribution in [3.05, 3.63) is 72.0 Å². The predicted octanol–water partition coefficient (Wildman–Crippen LogP) is 4.28. The normalized spacial score (nSPS) is 11.9. The lowest BCUT2D eigenvalue weighted by Gasteiger charge is -2.15. The molecule has 0 bridgehead atoms. The van der Waals surface area contributed by atoms with E-state index in [1.807, 2.05) is 0 Å². The summed E-state index contributed by atoms with van der Waals surface area (Å²) in [4.78, 5) is 16.2. The summed E-state index contributed by atoms with van der Waals surface area (Å²) in [6.45, 7) is 1.74. The van der Waals surface area contributed by atoms with Crippen LogP contribution in [0.25, 0.3) is 11.3 Å². The highest BCUT2D eigenvalue weighted by atomic mass is 19.1. The lowest BCUT2D eigenvalue weighted by Crippen LogP contribution is -2.37. The maximum absolute atomic E-state index is 13.5. The highest BCUT2D eigenvalue weighted by Crippen LogP contribution is 2.21. The van der Waals surface area contributed by atoms with E-state index < -0.39 is 11.6 Å². The molecule has 152 valence electrons. The van der Waals surface area contributed by atoms with E-state index in [1.54, 1.807) is 19.1 Å². The molecule has 5 nitrogen and oxygen atoms in total. The standard InChI is InChI=1S/C21H19F3N2O3/c1-13(12-28-18-7-6-16(23)10-17(18)24)26-20(27)8-9-21-25-11-19(29-21)14-2-4-15(22)5-3-14/h2-7,10-11,13H,8-9,12H2,1H3,(H,26,27). The van der Waals surface area contributed by atoms with Gasteiger partial charge in [0.2, 0.25) is 5.91 Å². The molecule has 1 aromatic heterocycles. The molecule has 0 aliphatic rings. The van der Waals surface area contributed by atoms with Crippen LogP contribution in [0.4, 0.5) is 13.2 Å². The van der Waals surface area contributed by atoms with Gasteiger partial charge in [-0.25, -0.2) is 18.2 Å². The van der Waals surface area contributed by atoms with Gasteiger partial charge in [0.1, 0.15) is 18.2 Å². The summed E-state index contributed by atoms with van der Waals surface area (Å²) in [7, 11) is 0. The van der Waals surface area contributed by atoms with Crippen LogP contribution in [-0.4, -0.2) is 23.5 Å². The fourth-order valence-corrected chi connectivity index (χ4v) is 2.59. The van der Waals surface area contributed by atoms with E-state index in [0.717, 1.165) is 12.1 Å². The van der Waals surface area contributed by atoms with E-state index in [-0.39, 0.29) is 43.0 Å². The molecule has 29 heavy (non-hydrogen) atoms. The number of halogens is 3. The number of carbonyl (C=O) groups excluding carboxylic acids is 1. The Balaban J connectivity index is 1.44. The first-order valence-electron chi connectivity index (χ1n) is 8.98. The molecule has 0 spiro atoms. The minimum atomic E-state index is -0.802. The minimum absolute atomic E-state index is 0.0298. The van der Waals surface area contributed by atoms with Crippen molar-refractivity contribution in [3.63, 3.8) is 0 Å². The number of oxazole rings is 1. The van der Waals surface area contributed by atoms with Gasteiger partial charge >= 0.3 is 0 Å². The quantitative estimate of drug-likeness (QED) is 0.609. The van der Waals surface area contributed by atoms with Gasteiger partial charge in [-0.15, -0.1) is 0 Å². The Morgan fingerprint density at radius 2 is 1.86 bits per heavy atom. The van der Waals surface area contributed by atoms with Crippen molar-refractivity contribution in [3.8, 4) is 17.1 Å². The van der Waals surface area contributed by atoms with Crippen LogP contribution in [0.2, 0.25) is 0 Å². The molecule has 0 aliphatic carbocycles. The summed E-state index contributed by atoms with van der Waals surface area (Å²) in [6, 6.07) is 8.45. The topological polar surface area (TPSA) is 64.4 Å². The highest BCUT2D eigenvalue weighted by molar-refractivity contribution is 5.76. The van der Waals surface area contributed by atoms with Gasteiger partial charge in [-0.2, -0.15) is 0 Å². The summed E-state index contributed by atoms with van der Waals surface area (Å²) in [5, 5.41) is 2.72. The average Bonchev–Trinajstić information content (AvgIpc) is 3.15. The van der Waals surface area contributed by atoms with Gasteiger partial charge in [0.25, 0.3) is 0 Å². The van der Waals surface area contributed by atoms with Gasteiger partial charge in [0.15, 0.2) is 23.2 Å². The Morgan fingerprint density at radius 3 is 2.59 bits per heavy atom. The zero-order chi connectivity index (χ0) is 20.8. The van der Waals surface area contributed by atoms with Gasteiger partial charge in [0, 0.05) is 24.5 Å². The maximum atomic E-state index is 13.5. The lowest BCUT2D eigenvalue weighted by atomic mass is 10.2. The third kappa shape index (κ3) is 5.84. The van der Waals surface area contributed by atoms with Crippen LogP contribution in [0.15, 0.2) is 53.1 Å². The van der Waals surface area contributed by atoms with Gasteiger partial charge in [0.05, 0.1) is 12.2 Å². The van der Waals surface area contributed by atoms with E-state index in [1.165, 1.54) is 24.4 Å². The van der Waals surface area contributed by atoms with Crippen LogP contribution in [0.1, 0.15) is 19.2 Å². The first kappa shape index (κ1) is 20.4. The second-order valence-corrected chi connectivity index (χ2v) is 6.48.